The Morgan fingerprint density at radius 1 is 1.28 bits per heavy atom. The Bertz CT molecular complexity index is 826. The topological polar surface area (TPSA) is 75.9 Å². The van der Waals surface area contributed by atoms with Gasteiger partial charge in [-0.1, -0.05) is 6.07 Å². The second-order valence-electron chi connectivity index (χ2n) is 6.41. The van der Waals surface area contributed by atoms with Gasteiger partial charge >= 0.3 is 0 Å². The van der Waals surface area contributed by atoms with Crippen LogP contribution in [0.15, 0.2) is 35.4 Å². The molecule has 0 saturated carbocycles. The molecule has 2 saturated heterocycles. The van der Waals surface area contributed by atoms with E-state index in [1.807, 2.05) is 6.07 Å². The molecule has 134 valence electrons. The molecule has 1 amide bonds. The van der Waals surface area contributed by atoms with Crippen molar-refractivity contribution in [2.45, 2.75) is 18.4 Å². The van der Waals surface area contributed by atoms with Crippen molar-refractivity contribution in [3.63, 3.8) is 0 Å². The van der Waals surface area contributed by atoms with Gasteiger partial charge in [-0.3, -0.25) is 14.0 Å². The molecular weight excluding hydrogens is 344 g/mol. The van der Waals surface area contributed by atoms with E-state index in [9.17, 15) is 9.59 Å². The van der Waals surface area contributed by atoms with E-state index in [-0.39, 0.29) is 35.0 Å². The van der Waals surface area contributed by atoms with Crippen LogP contribution in [0.5, 0.6) is 0 Å². The Labute approximate surface area is 151 Å². The van der Waals surface area contributed by atoms with Crippen molar-refractivity contribution in [2.24, 2.45) is 0 Å². The molecule has 2 fully saturated rings. The first-order valence-electron chi connectivity index (χ1n) is 8.29. The third-order valence-corrected chi connectivity index (χ3v) is 4.89. The predicted octanol–water partition coefficient (Wildman–Crippen LogP) is 0.711. The summed E-state index contributed by atoms with van der Waals surface area (Å²) >= 11 is 0. The first kappa shape index (κ1) is 17.8. The van der Waals surface area contributed by atoms with E-state index in [4.69, 9.17) is 4.74 Å². The summed E-state index contributed by atoms with van der Waals surface area (Å²) in [7, 11) is 0. The average molecular weight is 365 g/mol. The Kier molecular flexibility index (Phi) is 5.08. The summed E-state index contributed by atoms with van der Waals surface area (Å²) in [4.78, 5) is 31.5. The number of aromatic nitrogens is 2. The lowest BCUT2D eigenvalue weighted by Crippen LogP contribution is -2.57. The molecule has 2 aliphatic heterocycles. The molecule has 4 rings (SSSR count). The van der Waals surface area contributed by atoms with Crippen LogP contribution in [0.25, 0.3) is 5.65 Å². The highest BCUT2D eigenvalue weighted by molar-refractivity contribution is 5.94. The minimum absolute atomic E-state index is 0. The fourth-order valence-electron chi connectivity index (χ4n) is 3.55. The van der Waals surface area contributed by atoms with Crippen LogP contribution in [-0.4, -0.2) is 58.6 Å². The van der Waals surface area contributed by atoms with E-state index < -0.39 is 0 Å². The Morgan fingerprint density at radius 2 is 2.08 bits per heavy atom. The third kappa shape index (κ3) is 3.27. The molecule has 0 bridgehead atoms. The molecule has 2 aliphatic rings. The highest BCUT2D eigenvalue weighted by Gasteiger charge is 2.39. The van der Waals surface area contributed by atoms with Gasteiger partial charge in [0.15, 0.2) is 0 Å². The molecule has 0 unspecified atom stereocenters. The number of halogens is 1. The molecule has 0 aromatic carbocycles. The van der Waals surface area contributed by atoms with Gasteiger partial charge in [-0.2, -0.15) is 0 Å². The summed E-state index contributed by atoms with van der Waals surface area (Å²) in [5.74, 6) is -0.257. The molecule has 2 aromatic heterocycles. The smallest absolute Gasteiger partial charge is 0.270 e. The molecule has 7 nitrogen and oxygen atoms in total. The van der Waals surface area contributed by atoms with E-state index in [2.05, 4.69) is 10.3 Å². The van der Waals surface area contributed by atoms with Crippen molar-refractivity contribution in [3.8, 4) is 0 Å². The van der Waals surface area contributed by atoms with Crippen molar-refractivity contribution < 1.29 is 9.53 Å². The number of piperidine rings is 1. The minimum Gasteiger partial charge on any atom is -0.371 e. The van der Waals surface area contributed by atoms with Gasteiger partial charge < -0.3 is 15.0 Å². The van der Waals surface area contributed by atoms with Gasteiger partial charge in [0.25, 0.3) is 11.5 Å². The van der Waals surface area contributed by atoms with Crippen LogP contribution in [0.2, 0.25) is 0 Å². The number of hydrogen-bond acceptors (Lipinski definition) is 5. The van der Waals surface area contributed by atoms with Crippen molar-refractivity contribution in [3.05, 3.63) is 46.5 Å². The van der Waals surface area contributed by atoms with Gasteiger partial charge in [-0.05, 0) is 38.1 Å². The normalized spacial score (nSPS) is 19.6. The predicted molar refractivity (Wildman–Crippen MR) is 95.4 cm³/mol. The van der Waals surface area contributed by atoms with Crippen LogP contribution in [0.3, 0.4) is 0 Å². The summed E-state index contributed by atoms with van der Waals surface area (Å²) in [6.45, 7) is 3.33. The number of rotatable bonds is 1. The van der Waals surface area contributed by atoms with Crippen LogP contribution >= 0.6 is 12.4 Å². The van der Waals surface area contributed by atoms with E-state index in [0.29, 0.717) is 25.3 Å². The lowest BCUT2D eigenvalue weighted by atomic mass is 9.90. The molecule has 1 spiro atoms. The third-order valence-electron chi connectivity index (χ3n) is 4.89. The monoisotopic (exact) mass is 364 g/mol. The van der Waals surface area contributed by atoms with Gasteiger partial charge in [0.05, 0.1) is 18.8 Å². The SMILES string of the molecule is Cl.O=C(c1cnc2ccccn2c1=O)N1CCOC2(CCNCC2)C1. The van der Waals surface area contributed by atoms with E-state index in [0.717, 1.165) is 25.9 Å². The maximum Gasteiger partial charge on any atom is 0.270 e. The standard InChI is InChI=1S/C17H20N4O3.ClH/c22-15(13-11-19-14-3-1-2-8-21(14)16(13)23)20-9-10-24-17(12-20)4-6-18-7-5-17;/h1-3,8,11,18H,4-7,9-10,12H2;1H. The van der Waals surface area contributed by atoms with Crippen molar-refractivity contribution >= 4 is 24.0 Å². The second-order valence-corrected chi connectivity index (χ2v) is 6.41. The zero-order valence-corrected chi connectivity index (χ0v) is 14.6. The first-order valence-corrected chi connectivity index (χ1v) is 8.29. The largest absolute Gasteiger partial charge is 0.371 e. The number of nitrogens with one attached hydrogen (secondary N) is 1. The van der Waals surface area contributed by atoms with Crippen molar-refractivity contribution in [2.75, 3.05) is 32.8 Å². The van der Waals surface area contributed by atoms with E-state index >= 15 is 0 Å². The van der Waals surface area contributed by atoms with Crippen molar-refractivity contribution in [1.29, 1.82) is 0 Å². The maximum atomic E-state index is 12.9. The number of carbonyl (C=O) groups is 1. The molecule has 0 atom stereocenters. The molecule has 1 N–H and O–H groups in total. The van der Waals surface area contributed by atoms with E-state index in [1.165, 1.54) is 10.6 Å². The molecule has 0 aliphatic carbocycles. The van der Waals surface area contributed by atoms with Crippen LogP contribution in [0.4, 0.5) is 0 Å². The maximum absolute atomic E-state index is 12.9. The number of amides is 1. The number of fused-ring (bicyclic) bond motifs is 1. The van der Waals surface area contributed by atoms with Crippen molar-refractivity contribution in [1.82, 2.24) is 19.6 Å². The fraction of sp³-hybridized carbons (Fsp3) is 0.471. The molecule has 4 heterocycles. The number of carbonyl (C=O) groups excluding carboxylic acids is 1. The Hall–Kier alpha value is -1.96. The van der Waals surface area contributed by atoms with Crippen LogP contribution in [-0.2, 0) is 4.74 Å². The molecule has 8 heteroatoms. The summed E-state index contributed by atoms with van der Waals surface area (Å²) in [5.41, 5.74) is 0.0524. The van der Waals surface area contributed by atoms with Crippen LogP contribution in [0.1, 0.15) is 23.2 Å². The summed E-state index contributed by atoms with van der Waals surface area (Å²) < 4.78 is 7.40. The number of pyridine rings is 1. The molecule has 2 aromatic rings. The quantitative estimate of drug-likeness (QED) is 0.806. The Balaban J connectivity index is 0.00000182. The van der Waals surface area contributed by atoms with Gasteiger partial charge in [0.1, 0.15) is 11.2 Å². The first-order chi connectivity index (χ1) is 11.7. The van der Waals surface area contributed by atoms with Crippen LogP contribution < -0.4 is 10.9 Å². The Morgan fingerprint density at radius 3 is 2.88 bits per heavy atom. The number of ether oxygens (including phenoxy) is 1. The van der Waals surface area contributed by atoms with E-state index in [1.54, 1.807) is 23.2 Å². The zero-order chi connectivity index (χ0) is 16.6. The highest BCUT2D eigenvalue weighted by atomic mass is 35.5. The molecule has 25 heavy (non-hydrogen) atoms. The molecular formula is C17H21ClN4O3. The number of morpholine rings is 1. The lowest BCUT2D eigenvalue weighted by Gasteiger charge is -2.45. The molecule has 0 radical (unpaired) electrons. The minimum atomic E-state index is -0.323. The van der Waals surface area contributed by atoms with Crippen LogP contribution in [0, 0.1) is 0 Å². The fourth-order valence-corrected chi connectivity index (χ4v) is 3.55. The lowest BCUT2D eigenvalue weighted by molar-refractivity contribution is -0.114. The van der Waals surface area contributed by atoms with Gasteiger partial charge in [-0.15, -0.1) is 12.4 Å². The highest BCUT2D eigenvalue weighted by Crippen LogP contribution is 2.28. The zero-order valence-electron chi connectivity index (χ0n) is 13.8. The summed E-state index contributed by atoms with van der Waals surface area (Å²) in [6, 6.07) is 5.31. The summed E-state index contributed by atoms with van der Waals surface area (Å²) in [6.07, 6.45) is 4.79. The number of hydrogen-bond donors (Lipinski definition) is 1. The van der Waals surface area contributed by atoms with Gasteiger partial charge in [-0.25, -0.2) is 4.98 Å². The van der Waals surface area contributed by atoms with Gasteiger partial charge in [0, 0.05) is 18.9 Å². The number of nitrogens with zero attached hydrogens (tertiary/aromatic N) is 3. The summed E-state index contributed by atoms with van der Waals surface area (Å²) in [5, 5.41) is 3.31. The van der Waals surface area contributed by atoms with Gasteiger partial charge in [0.2, 0.25) is 0 Å². The average Bonchev–Trinajstić information content (AvgIpc) is 2.62. The second kappa shape index (κ2) is 7.11.